The van der Waals surface area contributed by atoms with Gasteiger partial charge in [0.25, 0.3) is 5.91 Å². The molecule has 0 heterocycles. The maximum Gasteiger partial charge on any atom is 0.257 e. The number of hydrogen-bond acceptors (Lipinski definition) is 3. The second-order valence-corrected chi connectivity index (χ2v) is 5.56. The molecule has 4 nitrogen and oxygen atoms in total. The SMILES string of the molecule is NCCOc1ccc(NC(=O)c2ccc(Br)cc2Cl)cc1. The molecule has 0 aliphatic heterocycles. The number of carbonyl (C=O) groups excluding carboxylic acids is 1. The lowest BCUT2D eigenvalue weighted by Crippen LogP contribution is -2.12. The van der Waals surface area contributed by atoms with E-state index in [4.69, 9.17) is 22.1 Å². The fourth-order valence-electron chi connectivity index (χ4n) is 1.68. The largest absolute Gasteiger partial charge is 0.492 e. The van der Waals surface area contributed by atoms with Crippen molar-refractivity contribution < 1.29 is 9.53 Å². The summed E-state index contributed by atoms with van der Waals surface area (Å²) in [5.74, 6) is 0.447. The van der Waals surface area contributed by atoms with Crippen LogP contribution in [-0.4, -0.2) is 19.1 Å². The summed E-state index contributed by atoms with van der Waals surface area (Å²) in [5.41, 5.74) is 6.45. The van der Waals surface area contributed by atoms with Crippen LogP contribution < -0.4 is 15.8 Å². The van der Waals surface area contributed by atoms with Gasteiger partial charge in [-0.2, -0.15) is 0 Å². The van der Waals surface area contributed by atoms with Crippen molar-refractivity contribution in [3.05, 3.63) is 57.5 Å². The first-order valence-corrected chi connectivity index (χ1v) is 7.46. The number of carbonyl (C=O) groups is 1. The fraction of sp³-hybridized carbons (Fsp3) is 0.133. The molecule has 2 aromatic carbocycles. The minimum Gasteiger partial charge on any atom is -0.492 e. The van der Waals surface area contributed by atoms with Gasteiger partial charge < -0.3 is 15.8 Å². The number of amides is 1. The van der Waals surface area contributed by atoms with E-state index in [1.807, 2.05) is 0 Å². The number of benzene rings is 2. The van der Waals surface area contributed by atoms with E-state index in [1.165, 1.54) is 0 Å². The normalized spacial score (nSPS) is 10.2. The van der Waals surface area contributed by atoms with Crippen LogP contribution in [0.2, 0.25) is 5.02 Å². The molecule has 0 aliphatic carbocycles. The molecule has 21 heavy (non-hydrogen) atoms. The van der Waals surface area contributed by atoms with E-state index in [2.05, 4.69) is 21.2 Å². The molecule has 0 fully saturated rings. The van der Waals surface area contributed by atoms with E-state index in [-0.39, 0.29) is 5.91 Å². The number of nitrogens with one attached hydrogen (secondary N) is 1. The predicted molar refractivity (Wildman–Crippen MR) is 88.1 cm³/mol. The summed E-state index contributed by atoms with van der Waals surface area (Å²) in [6.07, 6.45) is 0. The topological polar surface area (TPSA) is 64.3 Å². The Labute approximate surface area is 136 Å². The zero-order valence-corrected chi connectivity index (χ0v) is 13.4. The molecule has 0 aliphatic rings. The molecular formula is C15H14BrClN2O2. The number of hydrogen-bond donors (Lipinski definition) is 2. The Bertz CT molecular complexity index is 632. The first-order chi connectivity index (χ1) is 10.1. The molecule has 0 unspecified atom stereocenters. The molecule has 0 bridgehead atoms. The van der Waals surface area contributed by atoms with Crippen molar-refractivity contribution in [3.8, 4) is 5.75 Å². The van der Waals surface area contributed by atoms with Crippen molar-refractivity contribution in [2.75, 3.05) is 18.5 Å². The Morgan fingerprint density at radius 2 is 1.95 bits per heavy atom. The summed E-state index contributed by atoms with van der Waals surface area (Å²) in [4.78, 5) is 12.1. The van der Waals surface area contributed by atoms with Crippen molar-refractivity contribution in [2.45, 2.75) is 0 Å². The first-order valence-electron chi connectivity index (χ1n) is 6.29. The van der Waals surface area contributed by atoms with Gasteiger partial charge in [0.05, 0.1) is 10.6 Å². The molecule has 6 heteroatoms. The Hall–Kier alpha value is -1.56. The molecule has 1 amide bonds. The van der Waals surface area contributed by atoms with Gasteiger partial charge in [0.15, 0.2) is 0 Å². The molecule has 0 aromatic heterocycles. The summed E-state index contributed by atoms with van der Waals surface area (Å²) in [6.45, 7) is 0.917. The van der Waals surface area contributed by atoms with Crippen molar-refractivity contribution >= 4 is 39.1 Å². The van der Waals surface area contributed by atoms with Gasteiger partial charge in [-0.3, -0.25) is 4.79 Å². The molecule has 0 radical (unpaired) electrons. The molecule has 0 spiro atoms. The Kier molecular flexibility index (Phi) is 5.61. The van der Waals surface area contributed by atoms with Crippen LogP contribution in [0.25, 0.3) is 0 Å². The number of nitrogens with two attached hydrogens (primary N) is 1. The molecule has 110 valence electrons. The number of halogens is 2. The Morgan fingerprint density at radius 3 is 2.57 bits per heavy atom. The summed E-state index contributed by atoms with van der Waals surface area (Å²) >= 11 is 9.35. The Balaban J connectivity index is 2.05. The minimum absolute atomic E-state index is 0.261. The number of rotatable bonds is 5. The van der Waals surface area contributed by atoms with Gasteiger partial charge in [0.2, 0.25) is 0 Å². The zero-order valence-electron chi connectivity index (χ0n) is 11.1. The summed E-state index contributed by atoms with van der Waals surface area (Å²) < 4.78 is 6.19. The molecular weight excluding hydrogens is 356 g/mol. The van der Waals surface area contributed by atoms with Crippen LogP contribution in [0.1, 0.15) is 10.4 Å². The quantitative estimate of drug-likeness (QED) is 0.845. The molecule has 2 rings (SSSR count). The number of ether oxygens (including phenoxy) is 1. The van der Waals surface area contributed by atoms with E-state index in [1.54, 1.807) is 42.5 Å². The maximum absolute atomic E-state index is 12.1. The van der Waals surface area contributed by atoms with Crippen LogP contribution in [0.3, 0.4) is 0 Å². The van der Waals surface area contributed by atoms with Crippen molar-refractivity contribution in [2.24, 2.45) is 5.73 Å². The van der Waals surface area contributed by atoms with E-state index in [9.17, 15) is 4.79 Å². The molecule has 0 saturated carbocycles. The van der Waals surface area contributed by atoms with E-state index in [0.717, 1.165) is 4.47 Å². The lowest BCUT2D eigenvalue weighted by molar-refractivity contribution is 0.102. The van der Waals surface area contributed by atoms with Crippen LogP contribution >= 0.6 is 27.5 Å². The predicted octanol–water partition coefficient (Wildman–Crippen LogP) is 3.69. The second-order valence-electron chi connectivity index (χ2n) is 4.24. The van der Waals surface area contributed by atoms with Gasteiger partial charge in [-0.25, -0.2) is 0 Å². The number of anilines is 1. The van der Waals surface area contributed by atoms with Gasteiger partial charge in [-0.15, -0.1) is 0 Å². The fourth-order valence-corrected chi connectivity index (χ4v) is 2.44. The smallest absolute Gasteiger partial charge is 0.257 e. The first kappa shape index (κ1) is 15.8. The maximum atomic E-state index is 12.1. The molecule has 0 saturated heterocycles. The highest BCUT2D eigenvalue weighted by Gasteiger charge is 2.10. The van der Waals surface area contributed by atoms with Crippen LogP contribution in [0, 0.1) is 0 Å². The van der Waals surface area contributed by atoms with Gasteiger partial charge in [0, 0.05) is 16.7 Å². The van der Waals surface area contributed by atoms with Gasteiger partial charge in [0.1, 0.15) is 12.4 Å². The average Bonchev–Trinajstić information content (AvgIpc) is 2.46. The highest BCUT2D eigenvalue weighted by molar-refractivity contribution is 9.10. The third kappa shape index (κ3) is 4.46. The summed E-state index contributed by atoms with van der Waals surface area (Å²) in [7, 11) is 0. The lowest BCUT2D eigenvalue weighted by atomic mass is 10.2. The third-order valence-corrected chi connectivity index (χ3v) is 3.48. The summed E-state index contributed by atoms with van der Waals surface area (Å²) in [6, 6.07) is 12.2. The third-order valence-electron chi connectivity index (χ3n) is 2.67. The van der Waals surface area contributed by atoms with Gasteiger partial charge >= 0.3 is 0 Å². The average molecular weight is 370 g/mol. The van der Waals surface area contributed by atoms with E-state index in [0.29, 0.717) is 35.2 Å². The monoisotopic (exact) mass is 368 g/mol. The van der Waals surface area contributed by atoms with Crippen LogP contribution in [0.15, 0.2) is 46.9 Å². The van der Waals surface area contributed by atoms with E-state index < -0.39 is 0 Å². The van der Waals surface area contributed by atoms with Crippen molar-refractivity contribution in [1.29, 1.82) is 0 Å². The van der Waals surface area contributed by atoms with Crippen LogP contribution in [0.4, 0.5) is 5.69 Å². The molecule has 3 N–H and O–H groups in total. The van der Waals surface area contributed by atoms with E-state index >= 15 is 0 Å². The van der Waals surface area contributed by atoms with Crippen LogP contribution in [0.5, 0.6) is 5.75 Å². The van der Waals surface area contributed by atoms with Gasteiger partial charge in [-0.1, -0.05) is 27.5 Å². The van der Waals surface area contributed by atoms with Crippen molar-refractivity contribution in [1.82, 2.24) is 0 Å². The highest BCUT2D eigenvalue weighted by atomic mass is 79.9. The second kappa shape index (κ2) is 7.45. The molecule has 0 atom stereocenters. The standard InChI is InChI=1S/C15H14BrClN2O2/c16-10-1-6-13(14(17)9-10)15(20)19-11-2-4-12(5-3-11)21-8-7-18/h1-6,9H,7-8,18H2,(H,19,20). The molecule has 2 aromatic rings. The van der Waals surface area contributed by atoms with Crippen LogP contribution in [-0.2, 0) is 0 Å². The minimum atomic E-state index is -0.261. The highest BCUT2D eigenvalue weighted by Crippen LogP contribution is 2.23. The Morgan fingerprint density at radius 1 is 1.24 bits per heavy atom. The lowest BCUT2D eigenvalue weighted by Gasteiger charge is -2.08. The summed E-state index contributed by atoms with van der Waals surface area (Å²) in [5, 5.41) is 3.18. The van der Waals surface area contributed by atoms with Gasteiger partial charge in [-0.05, 0) is 42.5 Å². The van der Waals surface area contributed by atoms with Crippen molar-refractivity contribution in [3.63, 3.8) is 0 Å². The zero-order chi connectivity index (χ0) is 15.2.